The maximum Gasteiger partial charge on any atom is 0.410 e. The third-order valence-electron chi connectivity index (χ3n) is 5.69. The van der Waals surface area contributed by atoms with Crippen molar-refractivity contribution in [1.82, 2.24) is 19.9 Å². The Bertz CT molecular complexity index is 992. The van der Waals surface area contributed by atoms with Crippen LogP contribution in [0.25, 0.3) is 11.3 Å². The minimum Gasteiger partial charge on any atom is -0.447 e. The highest BCUT2D eigenvalue weighted by Gasteiger charge is 2.50. The molecule has 2 saturated heterocycles. The van der Waals surface area contributed by atoms with Crippen molar-refractivity contribution >= 4 is 6.09 Å². The van der Waals surface area contributed by atoms with Crippen molar-refractivity contribution in [1.29, 1.82) is 0 Å². The number of benzene rings is 1. The van der Waals surface area contributed by atoms with E-state index in [0.717, 1.165) is 36.5 Å². The van der Waals surface area contributed by atoms with Gasteiger partial charge in [0.15, 0.2) is 5.76 Å². The summed E-state index contributed by atoms with van der Waals surface area (Å²) < 4.78 is 11.0. The van der Waals surface area contributed by atoms with Crippen molar-refractivity contribution in [2.45, 2.75) is 18.5 Å². The molecule has 0 N–H and O–H groups in total. The van der Waals surface area contributed by atoms with E-state index in [-0.39, 0.29) is 11.6 Å². The largest absolute Gasteiger partial charge is 0.447 e. The Labute approximate surface area is 168 Å². The fraction of sp³-hybridized carbons (Fsp3) is 0.318. The summed E-state index contributed by atoms with van der Waals surface area (Å²) in [5.74, 6) is 0.803. The Morgan fingerprint density at radius 3 is 2.83 bits per heavy atom. The molecule has 1 aromatic carbocycles. The predicted octanol–water partition coefficient (Wildman–Crippen LogP) is 2.99. The van der Waals surface area contributed by atoms with E-state index in [9.17, 15) is 4.79 Å². The number of ether oxygens (including phenoxy) is 1. The van der Waals surface area contributed by atoms with Crippen LogP contribution in [0, 0.1) is 0 Å². The molecule has 2 aromatic heterocycles. The Morgan fingerprint density at radius 1 is 1.10 bits per heavy atom. The first-order chi connectivity index (χ1) is 14.2. The van der Waals surface area contributed by atoms with Gasteiger partial charge in [-0.2, -0.15) is 0 Å². The van der Waals surface area contributed by atoms with E-state index >= 15 is 0 Å². The van der Waals surface area contributed by atoms with E-state index in [1.165, 1.54) is 5.56 Å². The van der Waals surface area contributed by atoms with Gasteiger partial charge < -0.3 is 9.26 Å². The second kappa shape index (κ2) is 7.33. The lowest BCUT2D eigenvalue weighted by molar-refractivity contribution is 0.0432. The molecule has 0 bridgehead atoms. The van der Waals surface area contributed by atoms with Crippen molar-refractivity contribution in [3.63, 3.8) is 0 Å². The Balaban J connectivity index is 1.33. The summed E-state index contributed by atoms with van der Waals surface area (Å²) >= 11 is 0. The number of hydrogen-bond donors (Lipinski definition) is 0. The second-order valence-electron chi connectivity index (χ2n) is 7.72. The van der Waals surface area contributed by atoms with Crippen molar-refractivity contribution in [3.8, 4) is 11.3 Å². The average Bonchev–Trinajstić information content (AvgIpc) is 3.34. The molecule has 1 atom stereocenters. The van der Waals surface area contributed by atoms with Crippen molar-refractivity contribution < 1.29 is 14.1 Å². The quantitative estimate of drug-likeness (QED) is 0.667. The highest BCUT2D eigenvalue weighted by molar-refractivity contribution is 5.71. The summed E-state index contributed by atoms with van der Waals surface area (Å²) in [4.78, 5) is 20.6. The number of carbonyl (C=O) groups is 1. The monoisotopic (exact) mass is 390 g/mol. The Kier molecular flexibility index (Phi) is 4.52. The van der Waals surface area contributed by atoms with Crippen LogP contribution in [-0.2, 0) is 17.7 Å². The Morgan fingerprint density at radius 2 is 2.00 bits per heavy atom. The number of carbonyl (C=O) groups excluding carboxylic acids is 1. The zero-order valence-electron chi connectivity index (χ0n) is 16.0. The molecule has 7 heteroatoms. The van der Waals surface area contributed by atoms with Crippen LogP contribution >= 0.6 is 0 Å². The molecule has 4 heterocycles. The number of hydrogen-bond acceptors (Lipinski definition) is 6. The molecule has 0 saturated carbocycles. The smallest absolute Gasteiger partial charge is 0.410 e. The van der Waals surface area contributed by atoms with Crippen LogP contribution < -0.4 is 0 Å². The van der Waals surface area contributed by atoms with E-state index in [0.29, 0.717) is 19.7 Å². The van der Waals surface area contributed by atoms with Crippen molar-refractivity contribution in [3.05, 3.63) is 72.2 Å². The van der Waals surface area contributed by atoms with Gasteiger partial charge in [-0.15, -0.1) is 0 Å². The summed E-state index contributed by atoms with van der Waals surface area (Å²) in [5, 5.41) is 4.18. The van der Waals surface area contributed by atoms with E-state index in [1.54, 1.807) is 12.4 Å². The molecule has 7 nitrogen and oxygen atoms in total. The van der Waals surface area contributed by atoms with Gasteiger partial charge in [-0.1, -0.05) is 35.5 Å². The number of amides is 1. The maximum absolute atomic E-state index is 12.3. The average molecular weight is 390 g/mol. The first-order valence-corrected chi connectivity index (χ1v) is 9.79. The minimum atomic E-state index is -0.344. The van der Waals surface area contributed by atoms with Gasteiger partial charge >= 0.3 is 6.09 Å². The molecule has 2 aliphatic heterocycles. The molecule has 0 spiro atoms. The SMILES string of the molecule is O=C1OCC2(Cc3ccccc3)CN(Cc3cc(-c4cccnc4)no3)CCN12. The summed E-state index contributed by atoms with van der Waals surface area (Å²) in [6.07, 6.45) is 4.07. The standard InChI is InChI=1S/C22H22N4O3/c27-21-26-10-9-25(14-19-11-20(24-29-19)18-7-4-8-23-13-18)15-22(26,16-28-21)12-17-5-2-1-3-6-17/h1-8,11,13H,9-10,12,14-16H2. The first kappa shape index (κ1) is 17.9. The van der Waals surface area contributed by atoms with Crippen LogP contribution in [-0.4, -0.2) is 57.8 Å². The highest BCUT2D eigenvalue weighted by atomic mass is 16.6. The third-order valence-corrected chi connectivity index (χ3v) is 5.69. The molecule has 2 aliphatic rings. The van der Waals surface area contributed by atoms with E-state index in [1.807, 2.05) is 41.3 Å². The molecule has 148 valence electrons. The zero-order valence-corrected chi connectivity index (χ0v) is 16.0. The van der Waals surface area contributed by atoms with Crippen LogP contribution in [0.2, 0.25) is 0 Å². The normalized spacial score (nSPS) is 21.8. The molecule has 1 amide bonds. The van der Waals surface area contributed by atoms with Crippen LogP contribution in [0.15, 0.2) is 65.4 Å². The van der Waals surface area contributed by atoms with Crippen LogP contribution in [0.1, 0.15) is 11.3 Å². The number of cyclic esters (lactones) is 1. The molecule has 3 aromatic rings. The Hall–Kier alpha value is -3.19. The van der Waals surface area contributed by atoms with Gasteiger partial charge in [0, 0.05) is 50.1 Å². The number of fused-ring (bicyclic) bond motifs is 1. The van der Waals surface area contributed by atoms with Crippen LogP contribution in [0.3, 0.4) is 0 Å². The van der Waals surface area contributed by atoms with Crippen molar-refractivity contribution in [2.24, 2.45) is 0 Å². The minimum absolute atomic E-state index is 0.209. The summed E-state index contributed by atoms with van der Waals surface area (Å²) in [5.41, 5.74) is 2.58. The third kappa shape index (κ3) is 3.49. The van der Waals surface area contributed by atoms with E-state index in [2.05, 4.69) is 27.2 Å². The lowest BCUT2D eigenvalue weighted by Crippen LogP contribution is -2.62. The molecule has 0 radical (unpaired) electrons. The fourth-order valence-corrected chi connectivity index (χ4v) is 4.31. The van der Waals surface area contributed by atoms with Gasteiger partial charge in [0.25, 0.3) is 0 Å². The van der Waals surface area contributed by atoms with Crippen LogP contribution in [0.4, 0.5) is 4.79 Å². The molecular formula is C22H22N4O3. The van der Waals surface area contributed by atoms with Gasteiger partial charge in [-0.05, 0) is 17.7 Å². The van der Waals surface area contributed by atoms with Gasteiger partial charge in [0.2, 0.25) is 0 Å². The van der Waals surface area contributed by atoms with Gasteiger partial charge in [-0.25, -0.2) is 4.79 Å². The first-order valence-electron chi connectivity index (χ1n) is 9.79. The molecule has 0 aliphatic carbocycles. The van der Waals surface area contributed by atoms with Crippen LogP contribution in [0.5, 0.6) is 0 Å². The number of aromatic nitrogens is 2. The molecule has 5 rings (SSSR count). The van der Waals surface area contributed by atoms with Gasteiger partial charge in [-0.3, -0.25) is 14.8 Å². The number of pyridine rings is 1. The highest BCUT2D eigenvalue weighted by Crippen LogP contribution is 2.33. The maximum atomic E-state index is 12.3. The molecule has 1 unspecified atom stereocenters. The lowest BCUT2D eigenvalue weighted by Gasteiger charge is -2.44. The number of rotatable bonds is 5. The number of piperazine rings is 1. The fourth-order valence-electron chi connectivity index (χ4n) is 4.31. The van der Waals surface area contributed by atoms with E-state index in [4.69, 9.17) is 9.26 Å². The zero-order chi connectivity index (χ0) is 19.7. The second-order valence-corrected chi connectivity index (χ2v) is 7.72. The van der Waals surface area contributed by atoms with Gasteiger partial charge in [0.05, 0.1) is 12.1 Å². The van der Waals surface area contributed by atoms with Gasteiger partial charge in [0.1, 0.15) is 12.3 Å². The lowest BCUT2D eigenvalue weighted by atomic mass is 9.88. The van der Waals surface area contributed by atoms with Crippen molar-refractivity contribution in [2.75, 3.05) is 26.2 Å². The molecule has 2 fully saturated rings. The summed E-state index contributed by atoms with van der Waals surface area (Å²) in [7, 11) is 0. The van der Waals surface area contributed by atoms with E-state index < -0.39 is 0 Å². The number of nitrogens with zero attached hydrogens (tertiary/aromatic N) is 4. The predicted molar refractivity (Wildman–Crippen MR) is 106 cm³/mol. The summed E-state index contributed by atoms with van der Waals surface area (Å²) in [6.45, 7) is 3.21. The summed E-state index contributed by atoms with van der Waals surface area (Å²) in [6, 6.07) is 16.1. The topological polar surface area (TPSA) is 71.7 Å². The molecular weight excluding hydrogens is 368 g/mol. The molecule has 29 heavy (non-hydrogen) atoms.